The van der Waals surface area contributed by atoms with Crippen molar-refractivity contribution in [2.45, 2.75) is 19.4 Å². The molecule has 1 aromatic rings. The molecule has 3 heteroatoms. The normalized spacial score (nSPS) is 9.67. The third kappa shape index (κ3) is 2.11. The van der Waals surface area contributed by atoms with E-state index in [9.17, 15) is 0 Å². The maximum atomic E-state index is 5.44. The quantitative estimate of drug-likeness (QED) is 0.653. The molecule has 1 aromatic heterocycles. The Balaban J connectivity index is 2.58. The fourth-order valence-electron chi connectivity index (χ4n) is 1.09. The van der Waals surface area contributed by atoms with Crippen LogP contribution in [0.1, 0.15) is 12.1 Å². The summed E-state index contributed by atoms with van der Waals surface area (Å²) in [5, 5.41) is 0. The minimum atomic E-state index is 0.655. The average Bonchev–Trinajstić information content (AvgIpc) is 2.50. The molecule has 0 radical (unpaired) electrons. The number of rotatable bonds is 4. The zero-order valence-corrected chi connectivity index (χ0v) is 7.03. The topological polar surface area (TPSA) is 43.8 Å². The van der Waals surface area contributed by atoms with Crippen molar-refractivity contribution >= 4 is 0 Å². The highest BCUT2D eigenvalue weighted by Gasteiger charge is 1.98. The molecule has 0 atom stereocenters. The van der Waals surface area contributed by atoms with Gasteiger partial charge in [-0.05, 0) is 6.54 Å². The molecule has 0 saturated heterocycles. The highest BCUT2D eigenvalue weighted by molar-refractivity contribution is 4.99. The molecular formula is C9H13N3. The van der Waals surface area contributed by atoms with Crippen LogP contribution in [-0.2, 0) is 13.0 Å². The lowest BCUT2D eigenvalue weighted by atomic mass is 10.3. The summed E-state index contributed by atoms with van der Waals surface area (Å²) in [6, 6.07) is 0. The van der Waals surface area contributed by atoms with Crippen LogP contribution < -0.4 is 5.73 Å². The Kier molecular flexibility index (Phi) is 3.36. The second-order valence-corrected chi connectivity index (χ2v) is 2.57. The second-order valence-electron chi connectivity index (χ2n) is 2.57. The summed E-state index contributed by atoms with van der Waals surface area (Å²) < 4.78 is 2.05. The molecule has 0 aliphatic carbocycles. The van der Waals surface area contributed by atoms with E-state index in [0.717, 1.165) is 25.1 Å². The zero-order chi connectivity index (χ0) is 8.81. The molecule has 64 valence electrons. The smallest absolute Gasteiger partial charge is 0.0948 e. The highest BCUT2D eigenvalue weighted by atomic mass is 15.0. The summed E-state index contributed by atoms with van der Waals surface area (Å²) in [7, 11) is 0. The van der Waals surface area contributed by atoms with E-state index in [-0.39, 0.29) is 0 Å². The van der Waals surface area contributed by atoms with Crippen LogP contribution in [0.2, 0.25) is 0 Å². The van der Waals surface area contributed by atoms with Gasteiger partial charge in [-0.1, -0.05) is 0 Å². The number of nitrogens with two attached hydrogens (primary N) is 1. The lowest BCUT2D eigenvalue weighted by Crippen LogP contribution is -2.08. The zero-order valence-electron chi connectivity index (χ0n) is 7.03. The minimum absolute atomic E-state index is 0.655. The van der Waals surface area contributed by atoms with Crippen LogP contribution in [0.15, 0.2) is 12.5 Å². The van der Waals surface area contributed by atoms with Gasteiger partial charge in [0.15, 0.2) is 0 Å². The van der Waals surface area contributed by atoms with E-state index in [2.05, 4.69) is 10.9 Å². The Labute approximate surface area is 72.6 Å². The first-order valence-electron chi connectivity index (χ1n) is 4.01. The van der Waals surface area contributed by atoms with Crippen molar-refractivity contribution < 1.29 is 0 Å². The van der Waals surface area contributed by atoms with Crippen LogP contribution in [0.25, 0.3) is 0 Å². The third-order valence-electron chi connectivity index (χ3n) is 1.70. The molecule has 12 heavy (non-hydrogen) atoms. The van der Waals surface area contributed by atoms with Gasteiger partial charge in [0.25, 0.3) is 0 Å². The average molecular weight is 163 g/mol. The molecule has 0 bridgehead atoms. The van der Waals surface area contributed by atoms with Gasteiger partial charge in [-0.25, -0.2) is 4.98 Å². The fraction of sp³-hybridized carbons (Fsp3) is 0.444. The van der Waals surface area contributed by atoms with E-state index >= 15 is 0 Å². The monoisotopic (exact) mass is 163 g/mol. The number of imidazole rings is 1. The summed E-state index contributed by atoms with van der Waals surface area (Å²) in [5.74, 6) is 2.60. The first kappa shape index (κ1) is 8.82. The summed E-state index contributed by atoms with van der Waals surface area (Å²) in [6.45, 7) is 1.49. The van der Waals surface area contributed by atoms with Gasteiger partial charge in [0.05, 0.1) is 6.33 Å². The lowest BCUT2D eigenvalue weighted by molar-refractivity contribution is 0.675. The number of terminal acetylenes is 1. The maximum Gasteiger partial charge on any atom is 0.0948 e. The van der Waals surface area contributed by atoms with Gasteiger partial charge in [0, 0.05) is 31.3 Å². The summed E-state index contributed by atoms with van der Waals surface area (Å²) in [4.78, 5) is 4.03. The van der Waals surface area contributed by atoms with Crippen molar-refractivity contribution in [1.82, 2.24) is 9.55 Å². The van der Waals surface area contributed by atoms with Crippen molar-refractivity contribution in [3.05, 3.63) is 18.2 Å². The van der Waals surface area contributed by atoms with Crippen molar-refractivity contribution in [3.8, 4) is 12.3 Å². The lowest BCUT2D eigenvalue weighted by Gasteiger charge is -2.03. The maximum absolute atomic E-state index is 5.44. The molecule has 0 aliphatic heterocycles. The molecule has 0 aromatic carbocycles. The van der Waals surface area contributed by atoms with E-state index in [1.54, 1.807) is 6.33 Å². The Morgan fingerprint density at radius 2 is 2.50 bits per heavy atom. The van der Waals surface area contributed by atoms with Gasteiger partial charge >= 0.3 is 0 Å². The van der Waals surface area contributed by atoms with Gasteiger partial charge in [-0.3, -0.25) is 0 Å². The minimum Gasteiger partial charge on any atom is -0.334 e. The Hall–Kier alpha value is -1.27. The number of aromatic nitrogens is 2. The van der Waals surface area contributed by atoms with E-state index in [1.165, 1.54) is 0 Å². The van der Waals surface area contributed by atoms with Gasteiger partial charge in [-0.2, -0.15) is 0 Å². The van der Waals surface area contributed by atoms with Crippen molar-refractivity contribution in [2.24, 2.45) is 5.73 Å². The first-order valence-corrected chi connectivity index (χ1v) is 4.01. The van der Waals surface area contributed by atoms with Crippen LogP contribution >= 0.6 is 0 Å². The van der Waals surface area contributed by atoms with E-state index in [4.69, 9.17) is 12.2 Å². The van der Waals surface area contributed by atoms with Crippen molar-refractivity contribution in [2.75, 3.05) is 6.54 Å². The molecule has 0 aliphatic rings. The Morgan fingerprint density at radius 1 is 1.67 bits per heavy atom. The van der Waals surface area contributed by atoms with Crippen LogP contribution in [0.3, 0.4) is 0 Å². The second kappa shape index (κ2) is 4.58. The van der Waals surface area contributed by atoms with Crippen LogP contribution in [0.5, 0.6) is 0 Å². The molecule has 0 spiro atoms. The van der Waals surface area contributed by atoms with E-state index < -0.39 is 0 Å². The largest absolute Gasteiger partial charge is 0.334 e. The molecular weight excluding hydrogens is 150 g/mol. The first-order chi connectivity index (χ1) is 5.88. The Morgan fingerprint density at radius 3 is 3.17 bits per heavy atom. The van der Waals surface area contributed by atoms with Crippen molar-refractivity contribution in [1.29, 1.82) is 0 Å². The Bertz CT molecular complexity index is 270. The van der Waals surface area contributed by atoms with E-state index in [1.807, 2.05) is 10.8 Å². The number of nitrogens with zero attached hydrogens (tertiary/aromatic N) is 2. The molecule has 1 heterocycles. The molecule has 1 rings (SSSR count). The molecule has 3 nitrogen and oxygen atoms in total. The summed E-state index contributed by atoms with van der Waals surface area (Å²) >= 11 is 0. The molecule has 0 amide bonds. The third-order valence-corrected chi connectivity index (χ3v) is 1.70. The standard InChI is InChI=1S/C9H13N3/c1-2-3-6-12-8-11-7-9(12)4-5-10/h1,7-8H,3-6,10H2. The number of aryl methyl sites for hydroxylation is 1. The number of hydrogen-bond donors (Lipinski definition) is 1. The SMILES string of the molecule is C#CCCn1cncc1CCN. The molecule has 0 fully saturated rings. The van der Waals surface area contributed by atoms with Gasteiger partial charge < -0.3 is 10.3 Å². The predicted molar refractivity (Wildman–Crippen MR) is 48.4 cm³/mol. The van der Waals surface area contributed by atoms with Gasteiger partial charge in [0.2, 0.25) is 0 Å². The van der Waals surface area contributed by atoms with Crippen molar-refractivity contribution in [3.63, 3.8) is 0 Å². The molecule has 0 saturated carbocycles. The van der Waals surface area contributed by atoms with E-state index in [0.29, 0.717) is 6.54 Å². The predicted octanol–water partition coefficient (Wildman–Crippen LogP) is 0.408. The van der Waals surface area contributed by atoms with Gasteiger partial charge in [0.1, 0.15) is 0 Å². The highest BCUT2D eigenvalue weighted by Crippen LogP contribution is 2.00. The van der Waals surface area contributed by atoms with Crippen LogP contribution in [0.4, 0.5) is 0 Å². The van der Waals surface area contributed by atoms with Crippen LogP contribution in [-0.4, -0.2) is 16.1 Å². The molecule has 0 unspecified atom stereocenters. The summed E-state index contributed by atoms with van der Waals surface area (Å²) in [6.07, 6.45) is 10.4. The fourth-order valence-corrected chi connectivity index (χ4v) is 1.09. The van der Waals surface area contributed by atoms with Gasteiger partial charge in [-0.15, -0.1) is 12.3 Å². The molecule has 2 N–H and O–H groups in total. The summed E-state index contributed by atoms with van der Waals surface area (Å²) in [5.41, 5.74) is 6.60. The van der Waals surface area contributed by atoms with Crippen LogP contribution in [0, 0.1) is 12.3 Å². The number of hydrogen-bond acceptors (Lipinski definition) is 2.